The van der Waals surface area contributed by atoms with E-state index in [9.17, 15) is 0 Å². The maximum absolute atomic E-state index is 5.97. The van der Waals surface area contributed by atoms with Crippen molar-refractivity contribution in [2.45, 2.75) is 53.9 Å². The Morgan fingerprint density at radius 3 is 2.33 bits per heavy atom. The average Bonchev–Trinajstić information content (AvgIpc) is 2.67. The molecule has 0 saturated carbocycles. The summed E-state index contributed by atoms with van der Waals surface area (Å²) in [6.45, 7) is 12.2. The molecule has 114 valence electrons. The second kappa shape index (κ2) is 8.46. The first kappa shape index (κ1) is 17.2. The number of para-hydroxylation sites is 1. The lowest BCUT2D eigenvalue weighted by Crippen LogP contribution is -1.99. The summed E-state index contributed by atoms with van der Waals surface area (Å²) in [6, 6.07) is 12.3. The number of nitrogens with zero attached hydrogens (tertiary/aromatic N) is 1. The normalized spacial score (nSPS) is 14.9. The fraction of sp³-hybridized carbons (Fsp3) is 0.421. The monoisotopic (exact) mass is 285 g/mol. The minimum atomic E-state index is 0.446. The maximum Gasteiger partial charge on any atom is 0.148 e. The molecule has 2 heterocycles. The molecular formula is C19H27NO. The van der Waals surface area contributed by atoms with E-state index in [0.29, 0.717) is 5.92 Å². The van der Waals surface area contributed by atoms with Gasteiger partial charge in [0.1, 0.15) is 11.5 Å². The van der Waals surface area contributed by atoms with E-state index < -0.39 is 0 Å². The third kappa shape index (κ3) is 4.07. The molecule has 1 atom stereocenters. The summed E-state index contributed by atoms with van der Waals surface area (Å²) in [6.07, 6.45) is 0.939. The van der Waals surface area contributed by atoms with Gasteiger partial charge in [0.15, 0.2) is 0 Å². The number of ether oxygens (including phenoxy) is 1. The average molecular weight is 285 g/mol. The Morgan fingerprint density at radius 2 is 1.62 bits per heavy atom. The number of fused-ring (bicyclic) bond motifs is 2. The van der Waals surface area contributed by atoms with Gasteiger partial charge in [-0.1, -0.05) is 52.8 Å². The molecule has 1 aromatic heterocycles. The first-order valence-corrected chi connectivity index (χ1v) is 7.97. The van der Waals surface area contributed by atoms with Gasteiger partial charge >= 0.3 is 0 Å². The van der Waals surface area contributed by atoms with Crippen molar-refractivity contribution in [3.63, 3.8) is 0 Å². The molecule has 1 aliphatic heterocycles. The highest BCUT2D eigenvalue weighted by molar-refractivity contribution is 5.44. The Balaban J connectivity index is 0.000000510. The van der Waals surface area contributed by atoms with Crippen LogP contribution in [0.15, 0.2) is 36.4 Å². The fourth-order valence-corrected chi connectivity index (χ4v) is 2.34. The highest BCUT2D eigenvalue weighted by Gasteiger charge is 2.20. The topological polar surface area (TPSA) is 22.1 Å². The second-order valence-corrected chi connectivity index (χ2v) is 4.64. The Kier molecular flexibility index (Phi) is 6.93. The second-order valence-electron chi connectivity index (χ2n) is 4.64. The van der Waals surface area contributed by atoms with Crippen LogP contribution in [0.2, 0.25) is 0 Å². The molecule has 2 aromatic rings. The first-order chi connectivity index (χ1) is 10.2. The molecule has 0 radical (unpaired) electrons. The zero-order valence-corrected chi connectivity index (χ0v) is 14.1. The van der Waals surface area contributed by atoms with E-state index in [0.717, 1.165) is 29.3 Å². The van der Waals surface area contributed by atoms with Crippen LogP contribution in [0.1, 0.15) is 57.5 Å². The van der Waals surface area contributed by atoms with Gasteiger partial charge in [-0.05, 0) is 36.6 Å². The summed E-state index contributed by atoms with van der Waals surface area (Å²) in [5, 5.41) is 0. The van der Waals surface area contributed by atoms with Crippen LogP contribution in [-0.2, 0) is 6.42 Å². The molecule has 0 N–H and O–H groups in total. The Bertz CT molecular complexity index is 563. The van der Waals surface area contributed by atoms with Gasteiger partial charge in [-0.25, -0.2) is 0 Å². The number of rotatable bonds is 0. The fourth-order valence-electron chi connectivity index (χ4n) is 2.34. The van der Waals surface area contributed by atoms with Gasteiger partial charge in [0.2, 0.25) is 0 Å². The highest BCUT2D eigenvalue weighted by Crippen LogP contribution is 2.38. The molecule has 0 bridgehead atoms. The van der Waals surface area contributed by atoms with E-state index >= 15 is 0 Å². The Morgan fingerprint density at radius 1 is 0.952 bits per heavy atom. The lowest BCUT2D eigenvalue weighted by atomic mass is 9.96. The zero-order valence-electron chi connectivity index (χ0n) is 14.1. The van der Waals surface area contributed by atoms with Crippen LogP contribution in [-0.4, -0.2) is 4.98 Å². The van der Waals surface area contributed by atoms with Crippen molar-refractivity contribution >= 4 is 0 Å². The number of benzene rings is 1. The summed E-state index contributed by atoms with van der Waals surface area (Å²) in [5.41, 5.74) is 3.38. The minimum absolute atomic E-state index is 0.446. The van der Waals surface area contributed by atoms with Crippen molar-refractivity contribution in [3.05, 3.63) is 53.3 Å². The standard InChI is InChI=1S/C15H15NO.2C2H6/c1-10-9-13-15(8-7-11(2)16-13)17-14-6-4-3-5-12(10)14;2*1-2/h3-8,10H,9H2,1-2H3;2*1-2H3. The van der Waals surface area contributed by atoms with Gasteiger partial charge < -0.3 is 4.74 Å². The van der Waals surface area contributed by atoms with Crippen molar-refractivity contribution in [1.29, 1.82) is 0 Å². The highest BCUT2D eigenvalue weighted by atomic mass is 16.5. The zero-order chi connectivity index (χ0) is 15.8. The molecule has 1 aliphatic rings. The molecular weight excluding hydrogens is 258 g/mol. The molecule has 0 saturated heterocycles. The minimum Gasteiger partial charge on any atom is -0.455 e. The van der Waals surface area contributed by atoms with Gasteiger partial charge in [0.05, 0.1) is 5.69 Å². The molecule has 0 amide bonds. The molecule has 21 heavy (non-hydrogen) atoms. The van der Waals surface area contributed by atoms with Gasteiger partial charge in [-0.2, -0.15) is 0 Å². The number of aromatic nitrogens is 1. The van der Waals surface area contributed by atoms with E-state index in [1.807, 2.05) is 58.9 Å². The summed E-state index contributed by atoms with van der Waals surface area (Å²) >= 11 is 0. The van der Waals surface area contributed by atoms with Crippen LogP contribution >= 0.6 is 0 Å². The van der Waals surface area contributed by atoms with E-state index in [2.05, 4.69) is 24.0 Å². The van der Waals surface area contributed by atoms with Crippen LogP contribution in [0, 0.1) is 6.92 Å². The van der Waals surface area contributed by atoms with Crippen LogP contribution in [0.5, 0.6) is 11.5 Å². The SMILES string of the molecule is CC.CC.Cc1ccc2c(n1)CC(C)c1ccccc1O2. The van der Waals surface area contributed by atoms with E-state index in [1.165, 1.54) is 5.56 Å². The van der Waals surface area contributed by atoms with Crippen molar-refractivity contribution < 1.29 is 4.74 Å². The van der Waals surface area contributed by atoms with Crippen LogP contribution in [0.3, 0.4) is 0 Å². The summed E-state index contributed by atoms with van der Waals surface area (Å²) in [4.78, 5) is 4.58. The smallest absolute Gasteiger partial charge is 0.148 e. The predicted octanol–water partition coefficient (Wildman–Crippen LogP) is 5.89. The molecule has 0 spiro atoms. The first-order valence-electron chi connectivity index (χ1n) is 7.97. The number of aryl methyl sites for hydroxylation is 1. The largest absolute Gasteiger partial charge is 0.455 e. The Hall–Kier alpha value is -1.83. The quantitative estimate of drug-likeness (QED) is 0.601. The lowest BCUT2D eigenvalue weighted by molar-refractivity contribution is 0.475. The van der Waals surface area contributed by atoms with Gasteiger partial charge in [0.25, 0.3) is 0 Å². The maximum atomic E-state index is 5.97. The molecule has 1 unspecified atom stereocenters. The van der Waals surface area contributed by atoms with Gasteiger partial charge in [-0.15, -0.1) is 0 Å². The van der Waals surface area contributed by atoms with Crippen molar-refractivity contribution in [1.82, 2.24) is 4.98 Å². The summed E-state index contributed by atoms with van der Waals surface area (Å²) in [5.74, 6) is 2.30. The van der Waals surface area contributed by atoms with E-state index in [4.69, 9.17) is 4.74 Å². The molecule has 2 heteroatoms. The van der Waals surface area contributed by atoms with E-state index in [-0.39, 0.29) is 0 Å². The van der Waals surface area contributed by atoms with Crippen LogP contribution in [0.4, 0.5) is 0 Å². The lowest BCUT2D eigenvalue weighted by Gasteiger charge is -2.10. The summed E-state index contributed by atoms with van der Waals surface area (Å²) in [7, 11) is 0. The third-order valence-electron chi connectivity index (χ3n) is 3.24. The predicted molar refractivity (Wildman–Crippen MR) is 90.3 cm³/mol. The van der Waals surface area contributed by atoms with Crippen molar-refractivity contribution in [2.24, 2.45) is 0 Å². The van der Waals surface area contributed by atoms with Crippen molar-refractivity contribution in [3.8, 4) is 11.5 Å². The molecule has 0 fully saturated rings. The number of hydrogen-bond donors (Lipinski definition) is 0. The molecule has 0 aliphatic carbocycles. The molecule has 3 rings (SSSR count). The number of hydrogen-bond acceptors (Lipinski definition) is 2. The molecule has 1 aromatic carbocycles. The van der Waals surface area contributed by atoms with E-state index in [1.54, 1.807) is 0 Å². The molecule has 2 nitrogen and oxygen atoms in total. The Labute approximate surface area is 129 Å². The third-order valence-corrected chi connectivity index (χ3v) is 3.24. The van der Waals surface area contributed by atoms with Crippen LogP contribution in [0.25, 0.3) is 0 Å². The number of pyridine rings is 1. The van der Waals surface area contributed by atoms with Crippen LogP contribution < -0.4 is 4.74 Å². The summed E-state index contributed by atoms with van der Waals surface area (Å²) < 4.78 is 5.97. The van der Waals surface area contributed by atoms with Crippen molar-refractivity contribution in [2.75, 3.05) is 0 Å². The van der Waals surface area contributed by atoms with Gasteiger partial charge in [-0.3, -0.25) is 4.98 Å². The van der Waals surface area contributed by atoms with Gasteiger partial charge in [0, 0.05) is 12.1 Å².